The molecular weight excluding hydrogens is 326 g/mol. The van der Waals surface area contributed by atoms with Gasteiger partial charge in [-0.2, -0.15) is 0 Å². The van der Waals surface area contributed by atoms with Gasteiger partial charge in [0.2, 0.25) is 0 Å². The van der Waals surface area contributed by atoms with Gasteiger partial charge in [0.05, 0.1) is 12.3 Å². The third-order valence-electron chi connectivity index (χ3n) is 3.95. The van der Waals surface area contributed by atoms with Crippen LogP contribution in [0.5, 0.6) is 11.5 Å². The van der Waals surface area contributed by atoms with Gasteiger partial charge in [-0.05, 0) is 36.1 Å². The third kappa shape index (κ3) is 6.26. The first-order chi connectivity index (χ1) is 12.5. The maximum absolute atomic E-state index is 6.02. The Morgan fingerprint density at radius 2 is 1.46 bits per heavy atom. The number of benzene rings is 2. The molecule has 1 N–H and O–H groups in total. The molecule has 0 amide bonds. The zero-order valence-electron chi connectivity index (χ0n) is 16.4. The lowest BCUT2D eigenvalue weighted by atomic mass is 9.86. The van der Waals surface area contributed by atoms with Gasteiger partial charge in [-0.3, -0.25) is 0 Å². The summed E-state index contributed by atoms with van der Waals surface area (Å²) in [4.78, 5) is 0. The fraction of sp³-hybridized carbons (Fsp3) is 0.455. The summed E-state index contributed by atoms with van der Waals surface area (Å²) >= 11 is 0. The first kappa shape index (κ1) is 20.1. The highest BCUT2D eigenvalue weighted by atomic mass is 16.5. The number of hydrogen-bond acceptors (Lipinski definition) is 4. The molecule has 0 radical (unpaired) electrons. The standard InChI is InChI=1S/C22H31NO3/c1-5-24-16-17-26-21-13-9-7-11-19(21)23-14-15-25-20-12-8-6-10-18(20)22(2,3)4/h6-13,23H,5,14-17H2,1-4H3. The molecule has 2 rings (SSSR count). The minimum absolute atomic E-state index is 0.0605. The lowest BCUT2D eigenvalue weighted by Gasteiger charge is -2.22. The van der Waals surface area contributed by atoms with Crippen molar-refractivity contribution in [2.75, 3.05) is 38.3 Å². The molecule has 4 heteroatoms. The fourth-order valence-corrected chi connectivity index (χ4v) is 2.65. The largest absolute Gasteiger partial charge is 0.491 e. The van der Waals surface area contributed by atoms with E-state index in [0.29, 0.717) is 33.0 Å². The van der Waals surface area contributed by atoms with Gasteiger partial charge in [-0.25, -0.2) is 0 Å². The Labute approximate surface area is 157 Å². The molecule has 0 heterocycles. The van der Waals surface area contributed by atoms with E-state index in [4.69, 9.17) is 14.2 Å². The quantitative estimate of drug-likeness (QED) is 0.615. The second kappa shape index (κ2) is 10.1. The Bertz CT molecular complexity index is 664. The van der Waals surface area contributed by atoms with Gasteiger partial charge in [0.1, 0.15) is 24.7 Å². The number of rotatable bonds is 10. The molecule has 26 heavy (non-hydrogen) atoms. The molecular formula is C22H31NO3. The number of nitrogens with one attached hydrogen (secondary N) is 1. The Morgan fingerprint density at radius 3 is 2.19 bits per heavy atom. The molecule has 0 aromatic heterocycles. The zero-order chi connectivity index (χ0) is 18.8. The van der Waals surface area contributed by atoms with Crippen LogP contribution in [0.2, 0.25) is 0 Å². The SMILES string of the molecule is CCOCCOc1ccccc1NCCOc1ccccc1C(C)(C)C. The van der Waals surface area contributed by atoms with Gasteiger partial charge in [0.15, 0.2) is 0 Å². The van der Waals surface area contributed by atoms with Crippen molar-refractivity contribution in [2.45, 2.75) is 33.1 Å². The molecule has 0 unspecified atom stereocenters. The van der Waals surface area contributed by atoms with Crippen LogP contribution < -0.4 is 14.8 Å². The van der Waals surface area contributed by atoms with E-state index in [2.05, 4.69) is 38.2 Å². The molecule has 0 fully saturated rings. The van der Waals surface area contributed by atoms with E-state index in [9.17, 15) is 0 Å². The summed E-state index contributed by atoms with van der Waals surface area (Å²) in [6.45, 7) is 11.7. The van der Waals surface area contributed by atoms with Crippen LogP contribution in [-0.2, 0) is 10.2 Å². The van der Waals surface area contributed by atoms with Crippen molar-refractivity contribution in [1.82, 2.24) is 0 Å². The maximum atomic E-state index is 6.02. The van der Waals surface area contributed by atoms with E-state index >= 15 is 0 Å². The Kier molecular flexibility index (Phi) is 7.79. The second-order valence-corrected chi connectivity index (χ2v) is 7.06. The van der Waals surface area contributed by atoms with Gasteiger partial charge < -0.3 is 19.5 Å². The minimum atomic E-state index is 0.0605. The predicted octanol–water partition coefficient (Wildman–Crippen LogP) is 4.89. The zero-order valence-corrected chi connectivity index (χ0v) is 16.4. The summed E-state index contributed by atoms with van der Waals surface area (Å²) in [6.07, 6.45) is 0. The van der Waals surface area contributed by atoms with E-state index in [0.717, 1.165) is 17.2 Å². The molecule has 0 bridgehead atoms. The molecule has 2 aromatic rings. The second-order valence-electron chi connectivity index (χ2n) is 7.06. The van der Waals surface area contributed by atoms with Crippen molar-refractivity contribution < 1.29 is 14.2 Å². The van der Waals surface area contributed by atoms with Crippen molar-refractivity contribution in [2.24, 2.45) is 0 Å². The molecule has 0 aliphatic rings. The summed E-state index contributed by atoms with van der Waals surface area (Å²) in [6, 6.07) is 16.2. The van der Waals surface area contributed by atoms with Crippen molar-refractivity contribution in [3.63, 3.8) is 0 Å². The van der Waals surface area contributed by atoms with Crippen LogP contribution in [0, 0.1) is 0 Å². The summed E-state index contributed by atoms with van der Waals surface area (Å²) in [7, 11) is 0. The number of hydrogen-bond donors (Lipinski definition) is 1. The van der Waals surface area contributed by atoms with Crippen LogP contribution in [0.4, 0.5) is 5.69 Å². The summed E-state index contributed by atoms with van der Waals surface area (Å²) in [5, 5.41) is 3.39. The molecule has 0 atom stereocenters. The average Bonchev–Trinajstić information content (AvgIpc) is 2.63. The van der Waals surface area contributed by atoms with Gasteiger partial charge in [0.25, 0.3) is 0 Å². The lowest BCUT2D eigenvalue weighted by Crippen LogP contribution is -2.17. The Hall–Kier alpha value is -2.20. The van der Waals surface area contributed by atoms with Crippen LogP contribution in [0.1, 0.15) is 33.3 Å². The van der Waals surface area contributed by atoms with Crippen molar-refractivity contribution in [3.05, 3.63) is 54.1 Å². The van der Waals surface area contributed by atoms with Crippen LogP contribution in [-0.4, -0.2) is 33.0 Å². The van der Waals surface area contributed by atoms with Gasteiger partial charge in [-0.15, -0.1) is 0 Å². The maximum Gasteiger partial charge on any atom is 0.142 e. The lowest BCUT2D eigenvalue weighted by molar-refractivity contribution is 0.110. The predicted molar refractivity (Wildman–Crippen MR) is 108 cm³/mol. The monoisotopic (exact) mass is 357 g/mol. The molecule has 142 valence electrons. The highest BCUT2D eigenvalue weighted by molar-refractivity contribution is 5.56. The van der Waals surface area contributed by atoms with Crippen molar-refractivity contribution in [3.8, 4) is 11.5 Å². The Morgan fingerprint density at radius 1 is 0.808 bits per heavy atom. The van der Waals surface area contributed by atoms with Gasteiger partial charge in [0, 0.05) is 13.2 Å². The summed E-state index contributed by atoms with van der Waals surface area (Å²) < 4.78 is 17.1. The topological polar surface area (TPSA) is 39.7 Å². The molecule has 2 aromatic carbocycles. The van der Waals surface area contributed by atoms with E-state index in [1.807, 2.05) is 43.3 Å². The Balaban J connectivity index is 1.86. The van der Waals surface area contributed by atoms with Crippen LogP contribution in [0.15, 0.2) is 48.5 Å². The highest BCUT2D eigenvalue weighted by Crippen LogP contribution is 2.31. The fourth-order valence-electron chi connectivity index (χ4n) is 2.65. The number of para-hydroxylation sites is 3. The summed E-state index contributed by atoms with van der Waals surface area (Å²) in [5.74, 6) is 1.78. The van der Waals surface area contributed by atoms with Crippen molar-refractivity contribution in [1.29, 1.82) is 0 Å². The van der Waals surface area contributed by atoms with Crippen LogP contribution in [0.25, 0.3) is 0 Å². The molecule has 0 aliphatic carbocycles. The van der Waals surface area contributed by atoms with E-state index in [-0.39, 0.29) is 5.41 Å². The molecule has 0 saturated carbocycles. The number of anilines is 1. The minimum Gasteiger partial charge on any atom is -0.491 e. The molecule has 0 spiro atoms. The summed E-state index contributed by atoms with van der Waals surface area (Å²) in [5.41, 5.74) is 2.25. The van der Waals surface area contributed by atoms with E-state index < -0.39 is 0 Å². The average molecular weight is 357 g/mol. The first-order valence-electron chi connectivity index (χ1n) is 9.28. The normalized spacial score (nSPS) is 11.2. The third-order valence-corrected chi connectivity index (χ3v) is 3.95. The molecule has 0 aliphatic heterocycles. The molecule has 0 saturated heterocycles. The first-order valence-corrected chi connectivity index (χ1v) is 9.28. The van der Waals surface area contributed by atoms with Crippen LogP contribution in [0.3, 0.4) is 0 Å². The molecule has 4 nitrogen and oxygen atoms in total. The van der Waals surface area contributed by atoms with Gasteiger partial charge >= 0.3 is 0 Å². The smallest absolute Gasteiger partial charge is 0.142 e. The van der Waals surface area contributed by atoms with E-state index in [1.165, 1.54) is 5.56 Å². The van der Waals surface area contributed by atoms with E-state index in [1.54, 1.807) is 0 Å². The van der Waals surface area contributed by atoms with Gasteiger partial charge in [-0.1, -0.05) is 51.1 Å². The van der Waals surface area contributed by atoms with Crippen LogP contribution >= 0.6 is 0 Å². The number of ether oxygens (including phenoxy) is 3. The highest BCUT2D eigenvalue weighted by Gasteiger charge is 2.18. The van der Waals surface area contributed by atoms with Crippen molar-refractivity contribution >= 4 is 5.69 Å².